The highest BCUT2D eigenvalue weighted by molar-refractivity contribution is 7.89. The first-order valence-corrected chi connectivity index (χ1v) is 12.0. The van der Waals surface area contributed by atoms with E-state index in [0.717, 1.165) is 22.5 Å². The number of hydrogen-bond donors (Lipinski definition) is 2. The summed E-state index contributed by atoms with van der Waals surface area (Å²) in [5, 5.41) is 11.1. The normalized spacial score (nSPS) is 23.8. The molecule has 1 aromatic carbocycles. The van der Waals surface area contributed by atoms with Crippen molar-refractivity contribution in [1.82, 2.24) is 14.5 Å². The van der Waals surface area contributed by atoms with E-state index >= 15 is 0 Å². The lowest BCUT2D eigenvalue weighted by Crippen LogP contribution is -2.46. The Morgan fingerprint density at radius 3 is 2.38 bits per heavy atom. The van der Waals surface area contributed by atoms with E-state index in [-0.39, 0.29) is 43.3 Å². The van der Waals surface area contributed by atoms with Crippen molar-refractivity contribution >= 4 is 21.9 Å². The van der Waals surface area contributed by atoms with E-state index in [0.29, 0.717) is 19.3 Å². The van der Waals surface area contributed by atoms with Gasteiger partial charge in [-0.25, -0.2) is 8.42 Å². The Bertz CT molecular complexity index is 988. The van der Waals surface area contributed by atoms with Gasteiger partial charge in [0, 0.05) is 19.6 Å². The van der Waals surface area contributed by atoms with Gasteiger partial charge >= 0.3 is 6.18 Å². The van der Waals surface area contributed by atoms with Gasteiger partial charge in [-0.05, 0) is 50.2 Å². The smallest absolute Gasteiger partial charge is 0.342 e. The Hall–Kier alpha value is -2.14. The quantitative estimate of drug-likeness (QED) is 0.662. The van der Waals surface area contributed by atoms with Gasteiger partial charge in [0.15, 0.2) is 5.96 Å². The average molecular weight is 475 g/mol. The van der Waals surface area contributed by atoms with Gasteiger partial charge in [-0.3, -0.25) is 15.1 Å². The van der Waals surface area contributed by atoms with Crippen LogP contribution in [0.1, 0.15) is 45.6 Å². The summed E-state index contributed by atoms with van der Waals surface area (Å²) in [5.41, 5.74) is -2.01. The SMILES string of the molecule is CC(C)CC1(C)NC(=N)N(CC2CCN(S(=O)(=O)c3ccccc3C(F)(F)F)CC2)C1=O. The van der Waals surface area contributed by atoms with Gasteiger partial charge in [-0.1, -0.05) is 26.0 Å². The standard InChI is InChI=1S/C21H29F3N4O3S/c1-14(2)12-20(3)18(29)28(19(25)26-20)13-15-8-10-27(11-9-15)32(30,31)17-7-5-4-6-16(17)21(22,23)24/h4-7,14-15H,8-13H2,1-3H3,(H2,25,26). The molecule has 0 spiro atoms. The van der Waals surface area contributed by atoms with Crippen molar-refractivity contribution in [3.63, 3.8) is 0 Å². The number of guanidine groups is 1. The molecule has 2 N–H and O–H groups in total. The molecule has 0 saturated carbocycles. The largest absolute Gasteiger partial charge is 0.417 e. The number of nitrogens with one attached hydrogen (secondary N) is 2. The topological polar surface area (TPSA) is 93.6 Å². The van der Waals surface area contributed by atoms with E-state index in [9.17, 15) is 26.4 Å². The molecule has 1 unspecified atom stereocenters. The summed E-state index contributed by atoms with van der Waals surface area (Å²) >= 11 is 0. The minimum Gasteiger partial charge on any atom is -0.342 e. The summed E-state index contributed by atoms with van der Waals surface area (Å²) in [5.74, 6) is 0.0710. The number of piperidine rings is 1. The Morgan fingerprint density at radius 2 is 1.81 bits per heavy atom. The first-order valence-electron chi connectivity index (χ1n) is 10.6. The van der Waals surface area contributed by atoms with Crippen molar-refractivity contribution in [3.05, 3.63) is 29.8 Å². The second-order valence-corrected chi connectivity index (χ2v) is 11.1. The Balaban J connectivity index is 1.67. The molecule has 2 fully saturated rings. The molecule has 0 aromatic heterocycles. The summed E-state index contributed by atoms with van der Waals surface area (Å²) in [4.78, 5) is 13.6. The van der Waals surface area contributed by atoms with Crippen LogP contribution in [0.5, 0.6) is 0 Å². The first kappa shape index (κ1) is 24.5. The van der Waals surface area contributed by atoms with Crippen LogP contribution < -0.4 is 5.32 Å². The highest BCUT2D eigenvalue weighted by Crippen LogP contribution is 2.36. The molecule has 1 atom stereocenters. The molecule has 0 radical (unpaired) electrons. The van der Waals surface area contributed by atoms with Gasteiger partial charge in [0.2, 0.25) is 10.0 Å². The monoisotopic (exact) mass is 474 g/mol. The van der Waals surface area contributed by atoms with E-state index < -0.39 is 32.2 Å². The summed E-state index contributed by atoms with van der Waals surface area (Å²) in [7, 11) is -4.30. The molecule has 3 rings (SSSR count). The van der Waals surface area contributed by atoms with Crippen LogP contribution in [0.2, 0.25) is 0 Å². The lowest BCUT2D eigenvalue weighted by atomic mass is 9.90. The molecular formula is C21H29F3N4O3S. The molecule has 0 bridgehead atoms. The molecule has 11 heteroatoms. The van der Waals surface area contributed by atoms with Gasteiger partial charge in [0.05, 0.1) is 10.5 Å². The number of rotatable bonds is 6. The van der Waals surface area contributed by atoms with Crippen LogP contribution in [-0.2, 0) is 21.0 Å². The molecule has 2 saturated heterocycles. The Labute approximate surface area is 186 Å². The van der Waals surface area contributed by atoms with Crippen molar-refractivity contribution in [2.24, 2.45) is 11.8 Å². The van der Waals surface area contributed by atoms with Crippen LogP contribution in [0, 0.1) is 17.2 Å². The number of nitrogens with zero attached hydrogens (tertiary/aromatic N) is 2. The number of hydrogen-bond acceptors (Lipinski definition) is 4. The zero-order chi connectivity index (χ0) is 23.9. The zero-order valence-corrected chi connectivity index (χ0v) is 19.2. The van der Waals surface area contributed by atoms with Crippen molar-refractivity contribution in [1.29, 1.82) is 5.41 Å². The molecule has 32 heavy (non-hydrogen) atoms. The highest BCUT2D eigenvalue weighted by Gasteiger charge is 2.47. The van der Waals surface area contributed by atoms with E-state index in [1.165, 1.54) is 11.0 Å². The molecule has 1 amide bonds. The van der Waals surface area contributed by atoms with Crippen LogP contribution >= 0.6 is 0 Å². The van der Waals surface area contributed by atoms with Gasteiger partial charge in [-0.2, -0.15) is 17.5 Å². The third-order valence-corrected chi connectivity index (χ3v) is 7.98. The Morgan fingerprint density at radius 1 is 1.22 bits per heavy atom. The van der Waals surface area contributed by atoms with Crippen molar-refractivity contribution in [2.45, 2.75) is 56.6 Å². The average Bonchev–Trinajstić information content (AvgIpc) is 2.90. The predicted octanol–water partition coefficient (Wildman–Crippen LogP) is 3.28. The summed E-state index contributed by atoms with van der Waals surface area (Å²) in [6, 6.07) is 4.19. The van der Waals surface area contributed by atoms with Crippen molar-refractivity contribution < 1.29 is 26.4 Å². The molecule has 2 heterocycles. The number of carbonyl (C=O) groups excluding carboxylic acids is 1. The molecule has 178 valence electrons. The fraction of sp³-hybridized carbons (Fsp3) is 0.619. The summed E-state index contributed by atoms with van der Waals surface area (Å²) in [6.07, 6.45) is -3.40. The third-order valence-electron chi connectivity index (χ3n) is 6.02. The van der Waals surface area contributed by atoms with Gasteiger partial charge in [0.25, 0.3) is 5.91 Å². The van der Waals surface area contributed by atoms with Crippen molar-refractivity contribution in [2.75, 3.05) is 19.6 Å². The fourth-order valence-electron chi connectivity index (χ4n) is 4.57. The molecular weight excluding hydrogens is 445 g/mol. The Kier molecular flexibility index (Phi) is 6.63. The third kappa shape index (κ3) is 4.78. The van der Waals surface area contributed by atoms with E-state index in [2.05, 4.69) is 5.32 Å². The zero-order valence-electron chi connectivity index (χ0n) is 18.4. The maximum atomic E-state index is 13.3. The summed E-state index contributed by atoms with van der Waals surface area (Å²) in [6.45, 7) is 6.18. The molecule has 2 aliphatic heterocycles. The number of amides is 1. The van der Waals surface area contributed by atoms with E-state index in [4.69, 9.17) is 5.41 Å². The van der Waals surface area contributed by atoms with Crippen LogP contribution in [0.25, 0.3) is 0 Å². The maximum absolute atomic E-state index is 13.3. The highest BCUT2D eigenvalue weighted by atomic mass is 32.2. The molecule has 0 aliphatic carbocycles. The van der Waals surface area contributed by atoms with Crippen LogP contribution in [0.3, 0.4) is 0 Å². The lowest BCUT2D eigenvalue weighted by Gasteiger charge is -2.33. The fourth-order valence-corrected chi connectivity index (χ4v) is 6.25. The number of halogens is 3. The van der Waals surface area contributed by atoms with Gasteiger partial charge < -0.3 is 5.32 Å². The minimum atomic E-state index is -4.77. The second kappa shape index (κ2) is 8.66. The number of carbonyl (C=O) groups is 1. The molecule has 2 aliphatic rings. The van der Waals surface area contributed by atoms with E-state index in [1.807, 2.05) is 13.8 Å². The van der Waals surface area contributed by atoms with Crippen molar-refractivity contribution in [3.8, 4) is 0 Å². The minimum absolute atomic E-state index is 0.0345. The predicted molar refractivity (Wildman–Crippen MR) is 113 cm³/mol. The number of sulfonamides is 1. The first-order chi connectivity index (χ1) is 14.8. The number of benzene rings is 1. The van der Waals surface area contributed by atoms with E-state index in [1.54, 1.807) is 6.92 Å². The maximum Gasteiger partial charge on any atom is 0.417 e. The van der Waals surface area contributed by atoms with Crippen LogP contribution in [0.15, 0.2) is 29.2 Å². The van der Waals surface area contributed by atoms with Crippen LogP contribution in [0.4, 0.5) is 13.2 Å². The second-order valence-electron chi connectivity index (χ2n) is 9.16. The lowest BCUT2D eigenvalue weighted by molar-refractivity contribution is -0.140. The number of alkyl halides is 3. The summed E-state index contributed by atoms with van der Waals surface area (Å²) < 4.78 is 66.8. The van der Waals surface area contributed by atoms with Gasteiger partial charge in [-0.15, -0.1) is 0 Å². The van der Waals surface area contributed by atoms with Crippen LogP contribution in [-0.4, -0.2) is 54.7 Å². The molecule has 1 aromatic rings. The molecule has 7 nitrogen and oxygen atoms in total. The van der Waals surface area contributed by atoms with Gasteiger partial charge in [0.1, 0.15) is 5.54 Å².